The maximum atomic E-state index is 4.05. The number of aryl methyl sites for hydroxylation is 2. The smallest absolute Gasteiger partial charge is 0.0964 e. The Balaban J connectivity index is 1.79. The average molecular weight is 250 g/mol. The van der Waals surface area contributed by atoms with Crippen LogP contribution in [-0.4, -0.2) is 21.0 Å². The molecule has 2 aromatic heterocycles. The Hall–Kier alpha value is -1.20. The van der Waals surface area contributed by atoms with E-state index < -0.39 is 0 Å². The van der Waals surface area contributed by atoms with Gasteiger partial charge in [0.05, 0.1) is 5.69 Å². The van der Waals surface area contributed by atoms with Gasteiger partial charge in [-0.1, -0.05) is 5.21 Å². The summed E-state index contributed by atoms with van der Waals surface area (Å²) >= 11 is 1.87. The van der Waals surface area contributed by atoms with Crippen molar-refractivity contribution in [1.82, 2.24) is 20.3 Å². The SMILES string of the molecule is Cc1ccc(CC(C)NCc2cn(C)nn2)s1. The number of thiophene rings is 1. The highest BCUT2D eigenvalue weighted by molar-refractivity contribution is 7.11. The van der Waals surface area contributed by atoms with Gasteiger partial charge in [0.2, 0.25) is 0 Å². The van der Waals surface area contributed by atoms with Gasteiger partial charge >= 0.3 is 0 Å². The third-order valence-electron chi connectivity index (χ3n) is 2.59. The molecule has 0 aliphatic carbocycles. The van der Waals surface area contributed by atoms with Gasteiger partial charge in [-0.25, -0.2) is 0 Å². The number of nitrogens with zero attached hydrogens (tertiary/aromatic N) is 3. The van der Waals surface area contributed by atoms with E-state index in [0.717, 1.165) is 18.7 Å². The van der Waals surface area contributed by atoms with E-state index in [2.05, 4.69) is 41.6 Å². The van der Waals surface area contributed by atoms with Crippen LogP contribution in [-0.2, 0) is 20.0 Å². The summed E-state index contributed by atoms with van der Waals surface area (Å²) in [5, 5.41) is 11.4. The quantitative estimate of drug-likeness (QED) is 0.881. The molecule has 0 spiro atoms. The first-order valence-corrected chi connectivity index (χ1v) is 6.59. The van der Waals surface area contributed by atoms with Gasteiger partial charge in [0.15, 0.2) is 0 Å². The Labute approximate surface area is 106 Å². The minimum absolute atomic E-state index is 0.454. The first kappa shape index (κ1) is 12.3. The van der Waals surface area contributed by atoms with E-state index in [-0.39, 0.29) is 0 Å². The first-order chi connectivity index (χ1) is 8.13. The lowest BCUT2D eigenvalue weighted by molar-refractivity contribution is 0.542. The summed E-state index contributed by atoms with van der Waals surface area (Å²) < 4.78 is 1.73. The van der Waals surface area contributed by atoms with E-state index >= 15 is 0 Å². The van der Waals surface area contributed by atoms with Crippen molar-refractivity contribution in [3.05, 3.63) is 33.8 Å². The summed E-state index contributed by atoms with van der Waals surface area (Å²) in [4.78, 5) is 2.81. The molecule has 1 atom stereocenters. The molecule has 0 aliphatic heterocycles. The van der Waals surface area contributed by atoms with Gasteiger partial charge in [-0.2, -0.15) is 0 Å². The van der Waals surface area contributed by atoms with E-state index in [9.17, 15) is 0 Å². The van der Waals surface area contributed by atoms with Crippen molar-refractivity contribution in [3.63, 3.8) is 0 Å². The van der Waals surface area contributed by atoms with E-state index in [0.29, 0.717) is 6.04 Å². The second-order valence-electron chi connectivity index (χ2n) is 4.38. The fraction of sp³-hybridized carbons (Fsp3) is 0.500. The zero-order valence-electron chi connectivity index (χ0n) is 10.5. The Morgan fingerprint density at radius 3 is 2.88 bits per heavy atom. The van der Waals surface area contributed by atoms with Crippen LogP contribution in [0.15, 0.2) is 18.3 Å². The molecule has 0 saturated carbocycles. The van der Waals surface area contributed by atoms with E-state index in [1.165, 1.54) is 9.75 Å². The van der Waals surface area contributed by atoms with Crippen molar-refractivity contribution in [1.29, 1.82) is 0 Å². The Kier molecular flexibility index (Phi) is 3.91. The lowest BCUT2D eigenvalue weighted by Crippen LogP contribution is -2.27. The third-order valence-corrected chi connectivity index (χ3v) is 3.61. The molecule has 2 aromatic rings. The number of aromatic nitrogens is 3. The van der Waals surface area contributed by atoms with Crippen LogP contribution in [0.1, 0.15) is 22.4 Å². The van der Waals surface area contributed by atoms with Crippen molar-refractivity contribution in [2.75, 3.05) is 0 Å². The second-order valence-corrected chi connectivity index (χ2v) is 5.75. The number of rotatable bonds is 5. The zero-order chi connectivity index (χ0) is 12.3. The van der Waals surface area contributed by atoms with E-state index in [1.54, 1.807) is 4.68 Å². The fourth-order valence-electron chi connectivity index (χ4n) is 1.72. The highest BCUT2D eigenvalue weighted by Crippen LogP contribution is 2.16. The molecule has 1 N–H and O–H groups in total. The van der Waals surface area contributed by atoms with Crippen LogP contribution in [0, 0.1) is 6.92 Å². The van der Waals surface area contributed by atoms with Gasteiger partial charge in [0.1, 0.15) is 0 Å². The molecule has 0 radical (unpaired) electrons. The van der Waals surface area contributed by atoms with Crippen molar-refractivity contribution >= 4 is 11.3 Å². The molecule has 0 aliphatic rings. The Morgan fingerprint density at radius 1 is 1.47 bits per heavy atom. The highest BCUT2D eigenvalue weighted by Gasteiger charge is 2.06. The molecule has 0 fully saturated rings. The van der Waals surface area contributed by atoms with Gasteiger partial charge in [-0.3, -0.25) is 4.68 Å². The molecule has 0 bridgehead atoms. The lowest BCUT2D eigenvalue weighted by Gasteiger charge is -2.11. The summed E-state index contributed by atoms with van der Waals surface area (Å²) in [5.41, 5.74) is 0.988. The number of hydrogen-bond donors (Lipinski definition) is 1. The van der Waals surface area contributed by atoms with Crippen LogP contribution >= 0.6 is 11.3 Å². The average Bonchev–Trinajstić information content (AvgIpc) is 2.85. The van der Waals surface area contributed by atoms with E-state index in [1.807, 2.05) is 24.6 Å². The van der Waals surface area contributed by atoms with Crippen molar-refractivity contribution in [3.8, 4) is 0 Å². The summed E-state index contributed by atoms with van der Waals surface area (Å²) in [7, 11) is 1.88. The molecule has 0 saturated heterocycles. The third kappa shape index (κ3) is 3.64. The largest absolute Gasteiger partial charge is 0.308 e. The molecular formula is C12H18N4S. The molecule has 0 amide bonds. The van der Waals surface area contributed by atoms with Crippen LogP contribution in [0.5, 0.6) is 0 Å². The highest BCUT2D eigenvalue weighted by atomic mass is 32.1. The standard InChI is InChI=1S/C12H18N4S/c1-9(6-12-5-4-10(2)17-12)13-7-11-8-16(3)15-14-11/h4-5,8-9,13H,6-7H2,1-3H3. The molecule has 5 heteroatoms. The summed E-state index contributed by atoms with van der Waals surface area (Å²) in [6, 6.07) is 4.84. The number of nitrogens with one attached hydrogen (secondary N) is 1. The second kappa shape index (κ2) is 5.42. The minimum Gasteiger partial charge on any atom is -0.308 e. The van der Waals surface area contributed by atoms with Crippen molar-refractivity contribution < 1.29 is 0 Å². The van der Waals surface area contributed by atoms with Crippen LogP contribution in [0.25, 0.3) is 0 Å². The predicted octanol–water partition coefficient (Wildman–Crippen LogP) is 1.91. The Bertz CT molecular complexity index is 474. The lowest BCUT2D eigenvalue weighted by atomic mass is 10.2. The van der Waals surface area contributed by atoms with Crippen LogP contribution in [0.3, 0.4) is 0 Å². The van der Waals surface area contributed by atoms with Crippen LogP contribution in [0.4, 0.5) is 0 Å². The van der Waals surface area contributed by atoms with Gasteiger partial charge < -0.3 is 5.32 Å². The monoisotopic (exact) mass is 250 g/mol. The molecule has 4 nitrogen and oxygen atoms in total. The summed E-state index contributed by atoms with van der Waals surface area (Å²) in [6.07, 6.45) is 3.01. The van der Waals surface area contributed by atoms with Gasteiger partial charge in [-0.15, -0.1) is 16.4 Å². The molecule has 1 unspecified atom stereocenters. The number of hydrogen-bond acceptors (Lipinski definition) is 4. The Morgan fingerprint density at radius 2 is 2.29 bits per heavy atom. The first-order valence-electron chi connectivity index (χ1n) is 5.77. The van der Waals surface area contributed by atoms with Gasteiger partial charge in [0, 0.05) is 35.6 Å². The molecule has 2 heterocycles. The van der Waals surface area contributed by atoms with E-state index in [4.69, 9.17) is 0 Å². The fourth-order valence-corrected chi connectivity index (χ4v) is 2.74. The van der Waals surface area contributed by atoms with Crippen molar-refractivity contribution in [2.45, 2.75) is 32.9 Å². The summed E-state index contributed by atoms with van der Waals surface area (Å²) in [6.45, 7) is 5.12. The minimum atomic E-state index is 0.454. The van der Waals surface area contributed by atoms with Crippen LogP contribution in [0.2, 0.25) is 0 Å². The summed E-state index contributed by atoms with van der Waals surface area (Å²) in [5.74, 6) is 0. The molecule has 92 valence electrons. The zero-order valence-corrected chi connectivity index (χ0v) is 11.3. The maximum absolute atomic E-state index is 4.05. The molecule has 0 aromatic carbocycles. The van der Waals surface area contributed by atoms with Crippen molar-refractivity contribution in [2.24, 2.45) is 7.05 Å². The van der Waals surface area contributed by atoms with Gasteiger partial charge in [0.25, 0.3) is 0 Å². The molecular weight excluding hydrogens is 232 g/mol. The topological polar surface area (TPSA) is 42.7 Å². The normalized spacial score (nSPS) is 12.9. The van der Waals surface area contributed by atoms with Gasteiger partial charge in [-0.05, 0) is 32.4 Å². The maximum Gasteiger partial charge on any atom is 0.0964 e. The predicted molar refractivity (Wildman–Crippen MR) is 70.1 cm³/mol. The molecule has 17 heavy (non-hydrogen) atoms. The van der Waals surface area contributed by atoms with Crippen LogP contribution < -0.4 is 5.32 Å². The molecule has 2 rings (SSSR count).